The second-order valence-electron chi connectivity index (χ2n) is 9.34. The van der Waals surface area contributed by atoms with E-state index in [1.165, 1.54) is 12.5 Å². The highest BCUT2D eigenvalue weighted by atomic mass is 16.7. The number of nitrogens with two attached hydrogens (primary N) is 1. The summed E-state index contributed by atoms with van der Waals surface area (Å²) in [5.41, 5.74) is 8.42. The standard InChI is InChI=1S/C28H32N6O8/c1-4-11-34(28(40)42-15-41-23(37)10-9-22(35)36)27(39)20-13-30-24(17(20)3)25(31-14-29)33-21-12-18(6-5-16(21)2)26(38)32-19-7-8-19/h5-6,9-10,12-14,19,30H,4,7-8,11,15H2,1-3H3,(H,32,38)(H,35,36)(H2,29,31,33)/p+1/b10-9+. The van der Waals surface area contributed by atoms with Gasteiger partial charge in [0.1, 0.15) is 11.4 Å². The Morgan fingerprint density at radius 1 is 1.19 bits per heavy atom. The van der Waals surface area contributed by atoms with Crippen LogP contribution in [-0.2, 0) is 19.1 Å². The second-order valence-corrected chi connectivity index (χ2v) is 9.34. The molecule has 0 aliphatic heterocycles. The Bertz CT molecular complexity index is 1450. The third kappa shape index (κ3) is 8.36. The number of imide groups is 1. The number of aryl methyl sites for hydroxylation is 1. The number of carbonyl (C=O) groups is 5. The molecule has 0 bridgehead atoms. The average molecular weight is 582 g/mol. The number of esters is 1. The smallest absolute Gasteiger partial charge is 0.419 e. The Morgan fingerprint density at radius 3 is 2.57 bits per heavy atom. The number of benzene rings is 1. The van der Waals surface area contributed by atoms with Crippen molar-refractivity contribution in [3.05, 3.63) is 64.5 Å². The number of nitrogens with one attached hydrogen (secondary N) is 3. The summed E-state index contributed by atoms with van der Waals surface area (Å²) in [6, 6.07) is 5.38. The summed E-state index contributed by atoms with van der Waals surface area (Å²) in [7, 11) is 0. The molecule has 14 heteroatoms. The van der Waals surface area contributed by atoms with Crippen LogP contribution in [0.15, 0.2) is 41.5 Å². The van der Waals surface area contributed by atoms with Gasteiger partial charge in [-0.05, 0) is 56.4 Å². The molecule has 3 amide bonds. The second kappa shape index (κ2) is 14.4. The number of aromatic amines is 1. The zero-order chi connectivity index (χ0) is 30.8. The van der Waals surface area contributed by atoms with Crippen LogP contribution in [0.3, 0.4) is 0 Å². The van der Waals surface area contributed by atoms with Crippen LogP contribution >= 0.6 is 0 Å². The van der Waals surface area contributed by atoms with Gasteiger partial charge in [0.25, 0.3) is 17.6 Å². The summed E-state index contributed by atoms with van der Waals surface area (Å²) in [6.45, 7) is 4.44. The molecule has 0 spiro atoms. The van der Waals surface area contributed by atoms with E-state index in [1.54, 1.807) is 32.0 Å². The number of H-pyrrole nitrogens is 1. The topological polar surface area (TPSA) is 207 Å². The number of ether oxygens (including phenoxy) is 2. The lowest BCUT2D eigenvalue weighted by atomic mass is 10.1. The van der Waals surface area contributed by atoms with Crippen LogP contribution in [-0.4, -0.2) is 76.4 Å². The quantitative estimate of drug-likeness (QED) is 0.0835. The van der Waals surface area contributed by atoms with Gasteiger partial charge in [-0.1, -0.05) is 13.0 Å². The first-order chi connectivity index (χ1) is 20.0. The van der Waals surface area contributed by atoms with Gasteiger partial charge in [0.15, 0.2) is 6.34 Å². The number of carboxylic acid groups (broad SMARTS) is 1. The highest BCUT2D eigenvalue weighted by Crippen LogP contribution is 2.24. The van der Waals surface area contributed by atoms with Gasteiger partial charge >= 0.3 is 18.0 Å². The first kappa shape index (κ1) is 31.3. The van der Waals surface area contributed by atoms with Crippen molar-refractivity contribution in [2.45, 2.75) is 46.1 Å². The molecule has 1 saturated carbocycles. The van der Waals surface area contributed by atoms with Gasteiger partial charge in [0, 0.05) is 36.5 Å². The molecule has 6 N–H and O–H groups in total. The molecule has 0 unspecified atom stereocenters. The maximum Gasteiger partial charge on any atom is 0.419 e. The Kier molecular flexibility index (Phi) is 10.7. The van der Waals surface area contributed by atoms with Gasteiger partial charge in [0.2, 0.25) is 6.79 Å². The zero-order valence-electron chi connectivity index (χ0n) is 23.4. The molecule has 2 aromatic rings. The molecule has 1 aliphatic rings. The van der Waals surface area contributed by atoms with Gasteiger partial charge in [-0.2, -0.15) is 0 Å². The monoisotopic (exact) mass is 581 g/mol. The number of amidine groups is 1. The Morgan fingerprint density at radius 2 is 1.93 bits per heavy atom. The first-order valence-corrected chi connectivity index (χ1v) is 13.1. The zero-order valence-corrected chi connectivity index (χ0v) is 23.4. The lowest BCUT2D eigenvalue weighted by Crippen LogP contribution is -2.75. The van der Waals surface area contributed by atoms with Gasteiger partial charge < -0.3 is 30.6 Å². The van der Waals surface area contributed by atoms with Crippen molar-refractivity contribution >= 4 is 47.7 Å². The van der Waals surface area contributed by atoms with E-state index in [4.69, 9.17) is 15.6 Å². The molecule has 42 heavy (non-hydrogen) atoms. The molecule has 1 aliphatic carbocycles. The molecule has 1 aromatic carbocycles. The van der Waals surface area contributed by atoms with Gasteiger partial charge in [-0.3, -0.25) is 9.59 Å². The Labute approximate surface area is 241 Å². The number of aliphatic imine (C=N–C) groups is 1. The number of rotatable bonds is 11. The minimum atomic E-state index is -1.35. The molecule has 0 saturated heterocycles. The predicted octanol–water partition coefficient (Wildman–Crippen LogP) is 0.800. The van der Waals surface area contributed by atoms with Gasteiger partial charge in [0.05, 0.1) is 5.56 Å². The van der Waals surface area contributed by atoms with Crippen LogP contribution < -0.4 is 16.0 Å². The summed E-state index contributed by atoms with van der Waals surface area (Å²) < 4.78 is 9.53. The molecule has 1 aromatic heterocycles. The molecule has 1 heterocycles. The lowest BCUT2D eigenvalue weighted by molar-refractivity contribution is -0.309. The third-order valence-electron chi connectivity index (χ3n) is 6.10. The van der Waals surface area contributed by atoms with Gasteiger partial charge in [-0.25, -0.2) is 24.3 Å². The van der Waals surface area contributed by atoms with Crippen LogP contribution in [0.25, 0.3) is 0 Å². The normalized spacial score (nSPS) is 13.3. The van der Waals surface area contributed by atoms with Crippen molar-refractivity contribution < 1.29 is 43.5 Å². The molecule has 1 fully saturated rings. The minimum absolute atomic E-state index is 0.00909. The highest BCUT2D eigenvalue weighted by Gasteiger charge is 2.29. The summed E-state index contributed by atoms with van der Waals surface area (Å²) in [5, 5.41) is 11.5. The van der Waals surface area contributed by atoms with E-state index in [2.05, 4.69) is 25.0 Å². The van der Waals surface area contributed by atoms with Crippen molar-refractivity contribution in [3.63, 3.8) is 0 Å². The summed E-state index contributed by atoms with van der Waals surface area (Å²) in [5.74, 6) is -2.98. The van der Waals surface area contributed by atoms with Crippen LogP contribution in [0.5, 0.6) is 0 Å². The largest absolute Gasteiger partial charge is 0.478 e. The van der Waals surface area contributed by atoms with E-state index in [-0.39, 0.29) is 29.9 Å². The van der Waals surface area contributed by atoms with Crippen molar-refractivity contribution in [2.24, 2.45) is 10.7 Å². The third-order valence-corrected chi connectivity index (χ3v) is 6.10. The maximum atomic E-state index is 13.4. The van der Waals surface area contributed by atoms with E-state index in [1.807, 2.05) is 6.92 Å². The number of aromatic nitrogens is 1. The number of nitrogens with zero attached hydrogens (tertiary/aromatic N) is 2. The highest BCUT2D eigenvalue weighted by molar-refractivity contribution is 6.06. The summed E-state index contributed by atoms with van der Waals surface area (Å²) in [4.78, 5) is 71.9. The Hall–Kier alpha value is -5.27. The van der Waals surface area contributed by atoms with Crippen molar-refractivity contribution in [3.8, 4) is 0 Å². The minimum Gasteiger partial charge on any atom is -0.478 e. The molecular formula is C28H33N6O8+. The van der Waals surface area contributed by atoms with Crippen LogP contribution in [0.1, 0.15) is 63.7 Å². The molecule has 0 atom stereocenters. The van der Waals surface area contributed by atoms with Crippen LogP contribution in [0.4, 0.5) is 10.5 Å². The number of hydrogen-bond acceptors (Lipinski definition) is 8. The average Bonchev–Trinajstić information content (AvgIpc) is 3.68. The predicted molar refractivity (Wildman–Crippen MR) is 150 cm³/mol. The van der Waals surface area contributed by atoms with E-state index >= 15 is 0 Å². The first-order valence-electron chi connectivity index (χ1n) is 13.1. The fourth-order valence-electron chi connectivity index (χ4n) is 3.74. The van der Waals surface area contributed by atoms with Crippen molar-refractivity contribution in [1.29, 1.82) is 0 Å². The summed E-state index contributed by atoms with van der Waals surface area (Å²) in [6.07, 6.45) is 5.10. The van der Waals surface area contributed by atoms with E-state index in [0.717, 1.165) is 23.3 Å². The molecule has 3 rings (SSSR count). The lowest BCUT2D eigenvalue weighted by Gasteiger charge is -2.19. The van der Waals surface area contributed by atoms with Crippen molar-refractivity contribution in [1.82, 2.24) is 15.2 Å². The van der Waals surface area contributed by atoms with Crippen LogP contribution in [0.2, 0.25) is 0 Å². The molecule has 0 radical (unpaired) electrons. The summed E-state index contributed by atoms with van der Waals surface area (Å²) >= 11 is 0. The number of hydrogen-bond donors (Lipinski definition) is 5. The van der Waals surface area contributed by atoms with Crippen molar-refractivity contribution in [2.75, 3.05) is 13.3 Å². The number of carbonyl (C=O) groups excluding carboxylic acids is 4. The number of aliphatic carboxylic acids is 1. The van der Waals surface area contributed by atoms with E-state index in [0.29, 0.717) is 41.1 Å². The number of carboxylic acids is 1. The SMILES string of the molecule is CCCN(C(=O)OCOC(=O)/C=C/C(=O)O)C(=O)c1c[nH]c(C(=Nc2cc(C(=O)NC3CC3)ccc2C)[NH+]=CN)c1C. The maximum absolute atomic E-state index is 13.4. The van der Waals surface area contributed by atoms with E-state index < -0.39 is 30.7 Å². The molecular weight excluding hydrogens is 548 g/mol. The Balaban J connectivity index is 1.82. The van der Waals surface area contributed by atoms with Gasteiger partial charge in [-0.15, -0.1) is 4.99 Å². The fraction of sp³-hybridized carbons (Fsp3) is 0.321. The molecule has 222 valence electrons. The van der Waals surface area contributed by atoms with Crippen LogP contribution in [0, 0.1) is 13.8 Å². The number of amides is 3. The van der Waals surface area contributed by atoms with E-state index in [9.17, 15) is 24.0 Å². The fourth-order valence-corrected chi connectivity index (χ4v) is 3.74. The molecule has 14 nitrogen and oxygen atoms in total.